The fraction of sp³-hybridized carbons (Fsp3) is 0.429. The minimum atomic E-state index is -5.00. The summed E-state index contributed by atoms with van der Waals surface area (Å²) < 4.78 is 44.3. The Hall–Kier alpha value is -2.09. The molecule has 2 rings (SSSR count). The average Bonchev–Trinajstić information content (AvgIpc) is 2.84. The molecule has 1 atom stereocenters. The van der Waals surface area contributed by atoms with Gasteiger partial charge in [-0.05, 0) is 18.6 Å². The Balaban J connectivity index is 2.13. The predicted molar refractivity (Wildman–Crippen MR) is 72.1 cm³/mol. The standard InChI is InChI=1S/C14H15F3N2O3/c1-2-10-8-13(21,14(15,16)17)19(18-10)12(20)9-22-11-6-4-3-5-7-11/h3-7,21H,2,8-9H2,1H3/t13-/m1/s1. The second-order valence-corrected chi connectivity index (χ2v) is 4.82. The van der Waals surface area contributed by atoms with Crippen LogP contribution in [0.3, 0.4) is 0 Å². The molecule has 1 heterocycles. The molecule has 0 bridgehead atoms. The summed E-state index contributed by atoms with van der Waals surface area (Å²) in [5, 5.41) is 13.5. The molecule has 5 nitrogen and oxygen atoms in total. The van der Waals surface area contributed by atoms with Crippen molar-refractivity contribution in [3.05, 3.63) is 30.3 Å². The topological polar surface area (TPSA) is 62.1 Å². The molecule has 22 heavy (non-hydrogen) atoms. The highest BCUT2D eigenvalue weighted by Gasteiger charge is 2.62. The van der Waals surface area contributed by atoms with Gasteiger partial charge in [0.25, 0.3) is 11.6 Å². The summed E-state index contributed by atoms with van der Waals surface area (Å²) in [5.74, 6) is -0.725. The molecule has 0 fully saturated rings. The number of hydrogen-bond acceptors (Lipinski definition) is 4. The lowest BCUT2D eigenvalue weighted by Crippen LogP contribution is -2.57. The minimum Gasteiger partial charge on any atom is -0.484 e. The number of hydrazone groups is 1. The number of amides is 1. The van der Waals surface area contributed by atoms with Gasteiger partial charge in [-0.25, -0.2) is 0 Å². The maximum atomic E-state index is 13.1. The quantitative estimate of drug-likeness (QED) is 0.927. The lowest BCUT2D eigenvalue weighted by atomic mass is 10.1. The van der Waals surface area contributed by atoms with E-state index in [4.69, 9.17) is 4.74 Å². The van der Waals surface area contributed by atoms with Crippen molar-refractivity contribution in [3.8, 4) is 5.75 Å². The number of alkyl halides is 3. The van der Waals surface area contributed by atoms with Gasteiger partial charge in [0.1, 0.15) is 5.75 Å². The highest BCUT2D eigenvalue weighted by molar-refractivity contribution is 5.90. The van der Waals surface area contributed by atoms with Gasteiger partial charge in [0.2, 0.25) is 0 Å². The average molecular weight is 316 g/mol. The number of halogens is 3. The molecule has 1 amide bonds. The van der Waals surface area contributed by atoms with Crippen LogP contribution in [-0.4, -0.2) is 40.2 Å². The predicted octanol–water partition coefficient (Wildman–Crippen LogP) is 2.31. The van der Waals surface area contributed by atoms with E-state index in [1.165, 1.54) is 0 Å². The van der Waals surface area contributed by atoms with E-state index in [1.807, 2.05) is 0 Å². The third-order valence-corrected chi connectivity index (χ3v) is 3.25. The van der Waals surface area contributed by atoms with Crippen LogP contribution in [0.25, 0.3) is 0 Å². The third-order valence-electron chi connectivity index (χ3n) is 3.25. The molecule has 120 valence electrons. The zero-order chi connectivity index (χ0) is 16.4. The van der Waals surface area contributed by atoms with Gasteiger partial charge >= 0.3 is 6.18 Å². The first-order valence-corrected chi connectivity index (χ1v) is 6.64. The van der Waals surface area contributed by atoms with Gasteiger partial charge in [0.15, 0.2) is 6.61 Å². The molecular weight excluding hydrogens is 301 g/mol. The minimum absolute atomic E-state index is 0.0781. The second kappa shape index (κ2) is 5.96. The van der Waals surface area contributed by atoms with Gasteiger partial charge in [-0.2, -0.15) is 23.3 Å². The maximum absolute atomic E-state index is 13.1. The molecule has 1 aromatic rings. The second-order valence-electron chi connectivity index (χ2n) is 4.82. The Bertz CT molecular complexity index is 574. The van der Waals surface area contributed by atoms with E-state index >= 15 is 0 Å². The largest absolute Gasteiger partial charge is 0.484 e. The molecule has 0 unspecified atom stereocenters. The molecule has 0 aromatic heterocycles. The van der Waals surface area contributed by atoms with Crippen molar-refractivity contribution in [1.82, 2.24) is 5.01 Å². The third kappa shape index (κ3) is 3.06. The van der Waals surface area contributed by atoms with Crippen molar-refractivity contribution < 1.29 is 27.8 Å². The number of carbonyl (C=O) groups excluding carboxylic acids is 1. The van der Waals surface area contributed by atoms with E-state index in [0.717, 1.165) is 0 Å². The van der Waals surface area contributed by atoms with Gasteiger partial charge in [-0.3, -0.25) is 4.79 Å². The lowest BCUT2D eigenvalue weighted by molar-refractivity contribution is -0.302. The Morgan fingerprint density at radius 1 is 1.41 bits per heavy atom. The molecule has 1 aliphatic heterocycles. The molecule has 0 radical (unpaired) electrons. The monoisotopic (exact) mass is 316 g/mol. The molecule has 0 spiro atoms. The molecule has 0 saturated carbocycles. The molecule has 0 aliphatic carbocycles. The number of carbonyl (C=O) groups is 1. The van der Waals surface area contributed by atoms with Crippen molar-refractivity contribution in [2.45, 2.75) is 31.7 Å². The van der Waals surface area contributed by atoms with Crippen molar-refractivity contribution >= 4 is 11.6 Å². The highest BCUT2D eigenvalue weighted by atomic mass is 19.4. The fourth-order valence-electron chi connectivity index (χ4n) is 2.02. The molecule has 1 N–H and O–H groups in total. The van der Waals surface area contributed by atoms with E-state index < -0.39 is 30.8 Å². The van der Waals surface area contributed by atoms with Crippen LogP contribution in [-0.2, 0) is 4.79 Å². The first kappa shape index (κ1) is 16.3. The number of ether oxygens (including phenoxy) is 1. The smallest absolute Gasteiger partial charge is 0.438 e. The number of hydrogen-bond donors (Lipinski definition) is 1. The molecule has 1 aliphatic rings. The Labute approximate surface area is 125 Å². The first-order valence-electron chi connectivity index (χ1n) is 6.64. The molecule has 0 saturated heterocycles. The molecule has 8 heteroatoms. The van der Waals surface area contributed by atoms with Gasteiger partial charge < -0.3 is 9.84 Å². The number of aliphatic hydroxyl groups is 1. The van der Waals surface area contributed by atoms with Crippen LogP contribution in [0.5, 0.6) is 5.75 Å². The summed E-state index contributed by atoms with van der Waals surface area (Å²) in [7, 11) is 0. The van der Waals surface area contributed by atoms with E-state index in [9.17, 15) is 23.1 Å². The summed E-state index contributed by atoms with van der Waals surface area (Å²) in [6.45, 7) is 0.951. The summed E-state index contributed by atoms with van der Waals surface area (Å²) >= 11 is 0. The van der Waals surface area contributed by atoms with E-state index in [2.05, 4.69) is 5.10 Å². The first-order chi connectivity index (χ1) is 10.3. The van der Waals surface area contributed by atoms with Crippen molar-refractivity contribution in [1.29, 1.82) is 0 Å². The lowest BCUT2D eigenvalue weighted by Gasteiger charge is -2.32. The summed E-state index contributed by atoms with van der Waals surface area (Å²) in [6.07, 6.45) is -5.54. The van der Waals surface area contributed by atoms with Gasteiger partial charge in [-0.15, -0.1) is 0 Å². The van der Waals surface area contributed by atoms with Crippen molar-refractivity contribution in [2.75, 3.05) is 6.61 Å². The normalized spacial score (nSPS) is 21.7. The van der Waals surface area contributed by atoms with Gasteiger partial charge in [0, 0.05) is 12.1 Å². The number of rotatable bonds is 4. The van der Waals surface area contributed by atoms with E-state index in [0.29, 0.717) is 5.75 Å². The van der Waals surface area contributed by atoms with Crippen LogP contribution in [0.15, 0.2) is 35.4 Å². The number of benzene rings is 1. The Morgan fingerprint density at radius 2 is 2.05 bits per heavy atom. The highest BCUT2D eigenvalue weighted by Crippen LogP contribution is 2.40. The Kier molecular flexibility index (Phi) is 4.41. The van der Waals surface area contributed by atoms with Crippen LogP contribution in [0.2, 0.25) is 0 Å². The van der Waals surface area contributed by atoms with Crippen molar-refractivity contribution in [3.63, 3.8) is 0 Å². The van der Waals surface area contributed by atoms with Gasteiger partial charge in [-0.1, -0.05) is 25.1 Å². The molecular formula is C14H15F3N2O3. The van der Waals surface area contributed by atoms with Gasteiger partial charge in [0.05, 0.1) is 0 Å². The maximum Gasteiger partial charge on any atom is 0.438 e. The van der Waals surface area contributed by atoms with Crippen LogP contribution in [0.1, 0.15) is 19.8 Å². The number of para-hydroxylation sites is 1. The van der Waals surface area contributed by atoms with Crippen LogP contribution in [0.4, 0.5) is 13.2 Å². The number of nitrogens with zero attached hydrogens (tertiary/aromatic N) is 2. The van der Waals surface area contributed by atoms with Crippen LogP contribution in [0, 0.1) is 0 Å². The summed E-state index contributed by atoms with van der Waals surface area (Å²) in [6, 6.07) is 8.18. The Morgan fingerprint density at radius 3 is 2.59 bits per heavy atom. The molecule has 1 aromatic carbocycles. The van der Waals surface area contributed by atoms with E-state index in [1.54, 1.807) is 37.3 Å². The summed E-state index contributed by atoms with van der Waals surface area (Å²) in [4.78, 5) is 12.0. The zero-order valence-electron chi connectivity index (χ0n) is 11.8. The van der Waals surface area contributed by atoms with Crippen LogP contribution < -0.4 is 4.74 Å². The van der Waals surface area contributed by atoms with Crippen molar-refractivity contribution in [2.24, 2.45) is 5.10 Å². The zero-order valence-corrected chi connectivity index (χ0v) is 11.8. The van der Waals surface area contributed by atoms with E-state index in [-0.39, 0.29) is 17.1 Å². The summed E-state index contributed by atoms with van der Waals surface area (Å²) in [5.41, 5.74) is -3.21. The SMILES string of the molecule is CCC1=NN(C(=O)COc2ccccc2)[C@](O)(C(F)(F)F)C1. The fourth-order valence-corrected chi connectivity index (χ4v) is 2.02. The van der Waals surface area contributed by atoms with Crippen LogP contribution >= 0.6 is 0 Å².